The van der Waals surface area contributed by atoms with Gasteiger partial charge in [-0.2, -0.15) is 0 Å². The summed E-state index contributed by atoms with van der Waals surface area (Å²) in [7, 11) is 4.57. The van der Waals surface area contributed by atoms with E-state index in [1.807, 2.05) is 30.3 Å². The lowest BCUT2D eigenvalue weighted by Crippen LogP contribution is -2.39. The topological polar surface area (TPSA) is 65.1 Å². The molecule has 0 N–H and O–H groups in total. The van der Waals surface area contributed by atoms with Gasteiger partial charge in [-0.05, 0) is 35.8 Å². The minimum absolute atomic E-state index is 0.321. The molecule has 0 aromatic heterocycles. The number of nitrogens with zero attached hydrogens (tertiary/aromatic N) is 1. The Labute approximate surface area is 188 Å². The number of rotatable bonds is 6. The number of methoxy groups -OCH3 is 3. The van der Waals surface area contributed by atoms with Crippen LogP contribution in [0.5, 0.6) is 17.2 Å². The highest BCUT2D eigenvalue weighted by Crippen LogP contribution is 2.38. The maximum Gasteiger partial charge on any atom is 0.268 e. The first kappa shape index (κ1) is 22.7. The van der Waals surface area contributed by atoms with Crippen LogP contribution >= 0.6 is 0 Å². The lowest BCUT2D eigenvalue weighted by atomic mass is 10.1. The van der Waals surface area contributed by atoms with Crippen molar-refractivity contribution in [2.75, 3.05) is 27.9 Å². The van der Waals surface area contributed by atoms with Crippen molar-refractivity contribution in [3.8, 4) is 29.1 Å². The van der Waals surface area contributed by atoms with Crippen molar-refractivity contribution in [2.24, 2.45) is 0 Å². The zero-order chi connectivity index (χ0) is 22.9. The quantitative estimate of drug-likeness (QED) is 0.516. The predicted octanol–water partition coefficient (Wildman–Crippen LogP) is 3.66. The fraction of sp³-hybridized carbons (Fsp3) is 0.231. The van der Waals surface area contributed by atoms with Gasteiger partial charge in [0.05, 0.1) is 26.9 Å². The van der Waals surface area contributed by atoms with E-state index in [2.05, 4.69) is 11.8 Å². The SMILES string of the molecule is COc1cc(/C=C/C(=O)N2CCC=C(C#CCc3ccccc3)C2=O)cc(OC)c1OC. The smallest absolute Gasteiger partial charge is 0.268 e. The number of hydrogen-bond donors (Lipinski definition) is 0. The molecule has 0 saturated carbocycles. The second-order valence-corrected chi connectivity index (χ2v) is 6.96. The monoisotopic (exact) mass is 431 g/mol. The van der Waals surface area contributed by atoms with Crippen LogP contribution in [0.1, 0.15) is 17.5 Å². The van der Waals surface area contributed by atoms with E-state index in [0.29, 0.717) is 47.8 Å². The molecule has 6 heteroatoms. The molecule has 1 aliphatic heterocycles. The van der Waals surface area contributed by atoms with Gasteiger partial charge >= 0.3 is 0 Å². The first-order valence-corrected chi connectivity index (χ1v) is 10.1. The highest BCUT2D eigenvalue weighted by molar-refractivity contribution is 6.11. The van der Waals surface area contributed by atoms with E-state index in [9.17, 15) is 9.59 Å². The van der Waals surface area contributed by atoms with Crippen molar-refractivity contribution in [1.82, 2.24) is 4.90 Å². The van der Waals surface area contributed by atoms with Crippen LogP contribution in [0.25, 0.3) is 6.08 Å². The van der Waals surface area contributed by atoms with Crippen LogP contribution in [0.15, 0.2) is 60.2 Å². The molecule has 3 rings (SSSR count). The predicted molar refractivity (Wildman–Crippen MR) is 122 cm³/mol. The van der Waals surface area contributed by atoms with Gasteiger partial charge in [0, 0.05) is 19.0 Å². The van der Waals surface area contributed by atoms with Gasteiger partial charge in [0.2, 0.25) is 5.75 Å². The Balaban J connectivity index is 1.71. The largest absolute Gasteiger partial charge is 0.493 e. The Morgan fingerprint density at radius 2 is 1.75 bits per heavy atom. The van der Waals surface area contributed by atoms with Crippen molar-refractivity contribution in [3.63, 3.8) is 0 Å². The van der Waals surface area contributed by atoms with Crippen molar-refractivity contribution < 1.29 is 23.8 Å². The normalized spacial score (nSPS) is 13.3. The third-order valence-electron chi connectivity index (χ3n) is 4.91. The van der Waals surface area contributed by atoms with Crippen LogP contribution in [-0.2, 0) is 16.0 Å². The number of ether oxygens (including phenoxy) is 3. The second-order valence-electron chi connectivity index (χ2n) is 6.96. The van der Waals surface area contributed by atoms with Gasteiger partial charge in [-0.1, -0.05) is 48.2 Å². The summed E-state index contributed by atoms with van der Waals surface area (Å²) in [5, 5.41) is 0. The van der Waals surface area contributed by atoms with Crippen LogP contribution < -0.4 is 14.2 Å². The number of amides is 2. The van der Waals surface area contributed by atoms with Gasteiger partial charge < -0.3 is 14.2 Å². The fourth-order valence-electron chi connectivity index (χ4n) is 3.28. The lowest BCUT2D eigenvalue weighted by molar-refractivity contribution is -0.139. The van der Waals surface area contributed by atoms with E-state index in [1.54, 1.807) is 24.3 Å². The van der Waals surface area contributed by atoms with E-state index in [-0.39, 0.29) is 5.91 Å². The van der Waals surface area contributed by atoms with Gasteiger partial charge in [0.25, 0.3) is 11.8 Å². The van der Waals surface area contributed by atoms with Crippen LogP contribution in [-0.4, -0.2) is 44.6 Å². The van der Waals surface area contributed by atoms with Gasteiger partial charge in [-0.3, -0.25) is 14.5 Å². The van der Waals surface area contributed by atoms with Crippen molar-refractivity contribution >= 4 is 17.9 Å². The van der Waals surface area contributed by atoms with Crippen molar-refractivity contribution in [3.05, 3.63) is 71.3 Å². The third kappa shape index (κ3) is 5.38. The summed E-state index contributed by atoms with van der Waals surface area (Å²) >= 11 is 0. The van der Waals surface area contributed by atoms with Crippen LogP contribution in [0, 0.1) is 11.8 Å². The number of carbonyl (C=O) groups is 2. The average molecular weight is 431 g/mol. The Morgan fingerprint density at radius 1 is 1.06 bits per heavy atom. The van der Waals surface area contributed by atoms with Gasteiger partial charge in [-0.15, -0.1) is 0 Å². The molecule has 1 aliphatic rings. The molecule has 0 spiro atoms. The Hall–Kier alpha value is -3.98. The minimum Gasteiger partial charge on any atom is -0.493 e. The first-order valence-electron chi connectivity index (χ1n) is 10.1. The fourth-order valence-corrected chi connectivity index (χ4v) is 3.28. The number of hydrogen-bond acceptors (Lipinski definition) is 5. The summed E-state index contributed by atoms with van der Waals surface area (Å²) in [6.45, 7) is 0.321. The first-order chi connectivity index (χ1) is 15.6. The van der Waals surface area contributed by atoms with Gasteiger partial charge in [0.1, 0.15) is 0 Å². The summed E-state index contributed by atoms with van der Waals surface area (Å²) in [6, 6.07) is 13.3. The Morgan fingerprint density at radius 3 is 2.38 bits per heavy atom. The van der Waals surface area contributed by atoms with E-state index in [4.69, 9.17) is 14.2 Å². The second kappa shape index (κ2) is 10.9. The van der Waals surface area contributed by atoms with Gasteiger partial charge in [-0.25, -0.2) is 0 Å². The Kier molecular flexibility index (Phi) is 7.71. The molecule has 2 amide bonds. The molecule has 0 saturated heterocycles. The Bertz CT molecular complexity index is 1080. The van der Waals surface area contributed by atoms with Crippen LogP contribution in [0.3, 0.4) is 0 Å². The highest BCUT2D eigenvalue weighted by Gasteiger charge is 2.25. The molecule has 0 radical (unpaired) electrons. The van der Waals surface area contributed by atoms with Crippen molar-refractivity contribution in [1.29, 1.82) is 0 Å². The van der Waals surface area contributed by atoms with Crippen LogP contribution in [0.4, 0.5) is 0 Å². The van der Waals surface area contributed by atoms with E-state index < -0.39 is 5.91 Å². The number of benzene rings is 2. The maximum absolute atomic E-state index is 12.7. The molecule has 0 bridgehead atoms. The third-order valence-corrected chi connectivity index (χ3v) is 4.91. The van der Waals surface area contributed by atoms with Gasteiger partial charge in [0.15, 0.2) is 11.5 Å². The highest BCUT2D eigenvalue weighted by atomic mass is 16.5. The molecular weight excluding hydrogens is 406 g/mol. The minimum atomic E-state index is -0.404. The zero-order valence-electron chi connectivity index (χ0n) is 18.4. The average Bonchev–Trinajstić information content (AvgIpc) is 2.83. The molecule has 0 atom stereocenters. The summed E-state index contributed by atoms with van der Waals surface area (Å²) in [6.07, 6.45) is 5.87. The molecule has 6 nitrogen and oxygen atoms in total. The summed E-state index contributed by atoms with van der Waals surface area (Å²) in [5.74, 6) is 6.58. The molecule has 1 heterocycles. The maximum atomic E-state index is 12.7. The molecule has 32 heavy (non-hydrogen) atoms. The summed E-state index contributed by atoms with van der Waals surface area (Å²) < 4.78 is 16.0. The molecule has 0 aliphatic carbocycles. The standard InChI is InChI=1S/C26H25NO5/c1-30-22-17-20(18-23(31-2)25(22)32-3)14-15-24(28)27-16-8-13-21(26(27)29)12-7-11-19-9-5-4-6-10-19/h4-6,9-10,13-15,17-18H,8,11,16H2,1-3H3/b15-14+. The molecule has 2 aromatic rings. The molecule has 0 unspecified atom stereocenters. The number of imide groups is 1. The molecule has 0 fully saturated rings. The van der Waals surface area contributed by atoms with Crippen LogP contribution in [0.2, 0.25) is 0 Å². The van der Waals surface area contributed by atoms with Crippen molar-refractivity contribution in [2.45, 2.75) is 12.8 Å². The molecular formula is C26H25NO5. The summed E-state index contributed by atoms with van der Waals surface area (Å²) in [5.41, 5.74) is 2.10. The van der Waals surface area contributed by atoms with E-state index >= 15 is 0 Å². The van der Waals surface area contributed by atoms with E-state index in [1.165, 1.54) is 32.3 Å². The zero-order valence-corrected chi connectivity index (χ0v) is 18.4. The number of carbonyl (C=O) groups excluding carboxylic acids is 2. The van der Waals surface area contributed by atoms with E-state index in [0.717, 1.165) is 5.56 Å². The lowest BCUT2D eigenvalue weighted by Gasteiger charge is -2.22. The summed E-state index contributed by atoms with van der Waals surface area (Å²) in [4.78, 5) is 26.7. The molecule has 164 valence electrons. The molecule has 2 aromatic carbocycles.